The lowest BCUT2D eigenvalue weighted by molar-refractivity contribution is -0.131. The summed E-state index contributed by atoms with van der Waals surface area (Å²) in [6.07, 6.45) is 6.43. The monoisotopic (exact) mass is 181 g/mol. The molecule has 1 amide bonds. The van der Waals surface area contributed by atoms with Crippen LogP contribution in [0.4, 0.5) is 0 Å². The Bertz CT molecular complexity index is 262. The minimum atomic E-state index is -0.411. The smallest absolute Gasteiger partial charge is 0.219 e. The van der Waals surface area contributed by atoms with Crippen molar-refractivity contribution >= 4 is 5.91 Å². The first kappa shape index (κ1) is 8.75. The Labute approximate surface area is 78.1 Å². The number of hydrogen-bond donors (Lipinski definition) is 1. The van der Waals surface area contributed by atoms with Gasteiger partial charge >= 0.3 is 0 Å². The predicted molar refractivity (Wildman–Crippen MR) is 48.9 cm³/mol. The van der Waals surface area contributed by atoms with Crippen molar-refractivity contribution in [2.75, 3.05) is 7.11 Å². The fraction of sp³-hybridized carbons (Fsp3) is 0.700. The Morgan fingerprint density at radius 2 is 2.38 bits per heavy atom. The molecule has 2 bridgehead atoms. The molecule has 1 N–H and O–H groups in total. The number of amides is 1. The third kappa shape index (κ3) is 1.27. The fourth-order valence-electron chi connectivity index (χ4n) is 2.54. The van der Waals surface area contributed by atoms with Crippen LogP contribution in [-0.4, -0.2) is 18.7 Å². The van der Waals surface area contributed by atoms with Gasteiger partial charge in [0.1, 0.15) is 5.72 Å². The zero-order valence-corrected chi connectivity index (χ0v) is 8.04. The summed E-state index contributed by atoms with van der Waals surface area (Å²) in [6, 6.07) is 0. The van der Waals surface area contributed by atoms with Crippen LogP contribution >= 0.6 is 0 Å². The van der Waals surface area contributed by atoms with Crippen molar-refractivity contribution in [1.82, 2.24) is 5.32 Å². The van der Waals surface area contributed by atoms with Crippen molar-refractivity contribution in [3.8, 4) is 0 Å². The summed E-state index contributed by atoms with van der Waals surface area (Å²) in [5, 5.41) is 2.92. The maximum atomic E-state index is 11.0. The maximum absolute atomic E-state index is 11.0. The van der Waals surface area contributed by atoms with E-state index in [1.54, 1.807) is 7.11 Å². The SMILES string of the molecule is CO[C@]1(NC(C)=O)C[C@H]2C=C[C@@H]1C2. The number of nitrogens with one attached hydrogen (secondary N) is 1. The van der Waals surface area contributed by atoms with Crippen molar-refractivity contribution in [1.29, 1.82) is 0 Å². The number of methoxy groups -OCH3 is 1. The topological polar surface area (TPSA) is 38.3 Å². The third-order valence-corrected chi connectivity index (χ3v) is 3.09. The van der Waals surface area contributed by atoms with Crippen LogP contribution in [0.15, 0.2) is 12.2 Å². The van der Waals surface area contributed by atoms with Gasteiger partial charge in [-0.15, -0.1) is 0 Å². The van der Waals surface area contributed by atoms with E-state index in [-0.39, 0.29) is 5.91 Å². The molecule has 2 rings (SSSR count). The molecule has 0 aromatic heterocycles. The number of rotatable bonds is 2. The Hall–Kier alpha value is -0.830. The molecular weight excluding hydrogens is 166 g/mol. The average molecular weight is 181 g/mol. The molecule has 0 radical (unpaired) electrons. The van der Waals surface area contributed by atoms with Crippen molar-refractivity contribution in [3.05, 3.63) is 12.2 Å². The van der Waals surface area contributed by atoms with E-state index in [2.05, 4.69) is 17.5 Å². The lowest BCUT2D eigenvalue weighted by Gasteiger charge is -2.34. The second kappa shape index (κ2) is 2.84. The Kier molecular flexibility index (Phi) is 1.91. The molecule has 1 fully saturated rings. The molecule has 2 aliphatic rings. The van der Waals surface area contributed by atoms with Crippen LogP contribution in [0.3, 0.4) is 0 Å². The standard InChI is InChI=1S/C10H15NO2/c1-7(12)11-10(13-2)6-8-3-4-9(10)5-8/h3-4,8-9H,5-6H2,1-2H3,(H,11,12)/t8-,9+,10+/m0/s1. The number of ether oxygens (including phenoxy) is 1. The van der Waals surface area contributed by atoms with Gasteiger partial charge in [-0.3, -0.25) is 4.79 Å². The fourth-order valence-corrected chi connectivity index (χ4v) is 2.54. The minimum absolute atomic E-state index is 0.0113. The van der Waals surface area contributed by atoms with Crippen LogP contribution in [-0.2, 0) is 9.53 Å². The van der Waals surface area contributed by atoms with E-state index in [1.165, 1.54) is 6.92 Å². The zero-order chi connectivity index (χ0) is 9.47. The van der Waals surface area contributed by atoms with E-state index in [1.807, 2.05) is 0 Å². The molecule has 3 atom stereocenters. The molecule has 0 aromatic rings. The number of fused-ring (bicyclic) bond motifs is 2. The first-order chi connectivity index (χ1) is 6.16. The summed E-state index contributed by atoms with van der Waals surface area (Å²) < 4.78 is 5.46. The van der Waals surface area contributed by atoms with Gasteiger partial charge in [-0.25, -0.2) is 0 Å². The van der Waals surface area contributed by atoms with Gasteiger partial charge in [0.05, 0.1) is 0 Å². The minimum Gasteiger partial charge on any atom is -0.358 e. The predicted octanol–water partition coefficient (Wildman–Crippen LogP) is 1.06. The molecule has 0 heterocycles. The van der Waals surface area contributed by atoms with Gasteiger partial charge in [-0.2, -0.15) is 0 Å². The summed E-state index contributed by atoms with van der Waals surface area (Å²) in [4.78, 5) is 11.0. The summed E-state index contributed by atoms with van der Waals surface area (Å²) in [7, 11) is 1.67. The number of hydrogen-bond acceptors (Lipinski definition) is 2. The molecule has 3 nitrogen and oxygen atoms in total. The van der Waals surface area contributed by atoms with Gasteiger partial charge in [-0.05, 0) is 12.3 Å². The molecule has 2 aliphatic carbocycles. The highest BCUT2D eigenvalue weighted by Crippen LogP contribution is 2.46. The van der Waals surface area contributed by atoms with Crippen LogP contribution in [0.1, 0.15) is 19.8 Å². The molecule has 0 aromatic carbocycles. The maximum Gasteiger partial charge on any atom is 0.219 e. The highest BCUT2D eigenvalue weighted by atomic mass is 16.5. The quantitative estimate of drug-likeness (QED) is 0.511. The lowest BCUT2D eigenvalue weighted by Crippen LogP contribution is -2.52. The summed E-state index contributed by atoms with van der Waals surface area (Å²) in [5.74, 6) is 0.950. The molecule has 0 spiro atoms. The van der Waals surface area contributed by atoms with E-state index in [9.17, 15) is 4.79 Å². The number of allylic oxidation sites excluding steroid dienone is 1. The third-order valence-electron chi connectivity index (χ3n) is 3.09. The van der Waals surface area contributed by atoms with Crippen molar-refractivity contribution in [3.63, 3.8) is 0 Å². The summed E-state index contributed by atoms with van der Waals surface area (Å²) >= 11 is 0. The van der Waals surface area contributed by atoms with Gasteiger partial charge in [0.25, 0.3) is 0 Å². The second-order valence-electron chi connectivity index (χ2n) is 3.97. The van der Waals surface area contributed by atoms with Gasteiger partial charge in [0, 0.05) is 26.4 Å². The van der Waals surface area contributed by atoms with E-state index in [0.717, 1.165) is 12.8 Å². The Morgan fingerprint density at radius 1 is 1.62 bits per heavy atom. The van der Waals surface area contributed by atoms with Crippen molar-refractivity contribution < 1.29 is 9.53 Å². The average Bonchev–Trinajstić information content (AvgIpc) is 2.62. The van der Waals surface area contributed by atoms with Crippen LogP contribution in [0.2, 0.25) is 0 Å². The highest BCUT2D eigenvalue weighted by molar-refractivity contribution is 5.73. The lowest BCUT2D eigenvalue weighted by atomic mass is 9.96. The molecule has 0 saturated heterocycles. The number of carbonyl (C=O) groups excluding carboxylic acids is 1. The molecular formula is C10H15NO2. The van der Waals surface area contributed by atoms with E-state index in [4.69, 9.17) is 4.74 Å². The molecule has 0 aliphatic heterocycles. The summed E-state index contributed by atoms with van der Waals surface area (Å²) in [6.45, 7) is 1.54. The van der Waals surface area contributed by atoms with Gasteiger partial charge in [-0.1, -0.05) is 12.2 Å². The van der Waals surface area contributed by atoms with Crippen LogP contribution in [0.5, 0.6) is 0 Å². The van der Waals surface area contributed by atoms with Gasteiger partial charge in [0.2, 0.25) is 5.91 Å². The van der Waals surface area contributed by atoms with Crippen LogP contribution in [0, 0.1) is 11.8 Å². The molecule has 1 saturated carbocycles. The van der Waals surface area contributed by atoms with Gasteiger partial charge < -0.3 is 10.1 Å². The molecule has 0 unspecified atom stereocenters. The zero-order valence-electron chi connectivity index (χ0n) is 8.04. The van der Waals surface area contributed by atoms with Gasteiger partial charge in [0.15, 0.2) is 0 Å². The van der Waals surface area contributed by atoms with Crippen LogP contribution < -0.4 is 5.32 Å². The highest BCUT2D eigenvalue weighted by Gasteiger charge is 2.49. The van der Waals surface area contributed by atoms with E-state index >= 15 is 0 Å². The normalized spacial score (nSPS) is 41.1. The molecule has 13 heavy (non-hydrogen) atoms. The largest absolute Gasteiger partial charge is 0.358 e. The van der Waals surface area contributed by atoms with Crippen molar-refractivity contribution in [2.24, 2.45) is 11.8 Å². The summed E-state index contributed by atoms with van der Waals surface area (Å²) in [5.41, 5.74) is -0.411. The van der Waals surface area contributed by atoms with Crippen molar-refractivity contribution in [2.45, 2.75) is 25.5 Å². The Balaban J connectivity index is 2.17. The van der Waals surface area contributed by atoms with E-state index < -0.39 is 5.72 Å². The first-order valence-corrected chi connectivity index (χ1v) is 4.68. The Morgan fingerprint density at radius 3 is 2.77 bits per heavy atom. The second-order valence-corrected chi connectivity index (χ2v) is 3.97. The molecule has 72 valence electrons. The molecule has 3 heteroatoms. The first-order valence-electron chi connectivity index (χ1n) is 4.68. The van der Waals surface area contributed by atoms with Crippen LogP contribution in [0.25, 0.3) is 0 Å². The van der Waals surface area contributed by atoms with E-state index in [0.29, 0.717) is 11.8 Å². The number of carbonyl (C=O) groups is 1.